The number of hydrogen-bond acceptors (Lipinski definition) is 4. The third kappa shape index (κ3) is 4.49. The van der Waals surface area contributed by atoms with Crippen molar-refractivity contribution in [2.24, 2.45) is 0 Å². The molecule has 1 unspecified atom stereocenters. The smallest absolute Gasteiger partial charge is 0.274 e. The largest absolute Gasteiger partial charge is 0.472 e. The van der Waals surface area contributed by atoms with Gasteiger partial charge < -0.3 is 10.1 Å². The number of ether oxygens (including phenoxy) is 1. The van der Waals surface area contributed by atoms with Gasteiger partial charge in [0.25, 0.3) is 5.91 Å². The third-order valence-electron chi connectivity index (χ3n) is 4.95. The number of fused-ring (bicyclic) bond motifs is 1. The lowest BCUT2D eigenvalue weighted by atomic mass is 10.1. The highest BCUT2D eigenvalue weighted by molar-refractivity contribution is 6.03. The van der Waals surface area contributed by atoms with Crippen molar-refractivity contribution in [3.8, 4) is 5.75 Å². The molecule has 6 heteroatoms. The van der Waals surface area contributed by atoms with Gasteiger partial charge in [-0.25, -0.2) is 4.98 Å². The lowest BCUT2D eigenvalue weighted by Crippen LogP contribution is -2.47. The SMILES string of the molecule is O=C(CN1C(=O)C(c2ccccc2)Oc2cccnc21)NCCCc1ccccc1. The van der Waals surface area contributed by atoms with Gasteiger partial charge in [-0.15, -0.1) is 0 Å². The molecule has 0 saturated carbocycles. The Morgan fingerprint density at radius 1 is 1.00 bits per heavy atom. The van der Waals surface area contributed by atoms with Gasteiger partial charge >= 0.3 is 0 Å². The first kappa shape index (κ1) is 19.6. The van der Waals surface area contributed by atoms with Crippen LogP contribution in [0.2, 0.25) is 0 Å². The second-order valence-corrected chi connectivity index (χ2v) is 7.10. The van der Waals surface area contributed by atoms with Crippen molar-refractivity contribution in [2.75, 3.05) is 18.0 Å². The van der Waals surface area contributed by atoms with E-state index >= 15 is 0 Å². The van der Waals surface area contributed by atoms with Crippen LogP contribution in [-0.4, -0.2) is 29.9 Å². The molecule has 1 N–H and O–H groups in total. The summed E-state index contributed by atoms with van der Waals surface area (Å²) in [6, 6.07) is 22.9. The van der Waals surface area contributed by atoms with Gasteiger partial charge in [0.2, 0.25) is 12.0 Å². The number of hydrogen-bond donors (Lipinski definition) is 1. The minimum atomic E-state index is -0.797. The number of aromatic nitrogens is 1. The van der Waals surface area contributed by atoms with Gasteiger partial charge in [-0.05, 0) is 30.5 Å². The summed E-state index contributed by atoms with van der Waals surface area (Å²) in [6.07, 6.45) is 2.50. The molecule has 3 aromatic rings. The highest BCUT2D eigenvalue weighted by Gasteiger charge is 2.37. The Morgan fingerprint density at radius 3 is 2.50 bits per heavy atom. The fourth-order valence-corrected chi connectivity index (χ4v) is 3.46. The molecule has 2 aromatic carbocycles. The van der Waals surface area contributed by atoms with E-state index in [1.54, 1.807) is 18.3 Å². The van der Waals surface area contributed by atoms with Crippen LogP contribution in [0.1, 0.15) is 23.7 Å². The predicted molar refractivity (Wildman–Crippen MR) is 114 cm³/mol. The number of carbonyl (C=O) groups excluding carboxylic acids is 2. The van der Waals surface area contributed by atoms with E-state index < -0.39 is 6.10 Å². The van der Waals surface area contributed by atoms with Crippen molar-refractivity contribution >= 4 is 17.6 Å². The van der Waals surface area contributed by atoms with Gasteiger partial charge in [0.1, 0.15) is 6.54 Å². The summed E-state index contributed by atoms with van der Waals surface area (Å²) in [6.45, 7) is 0.449. The van der Waals surface area contributed by atoms with Crippen molar-refractivity contribution < 1.29 is 14.3 Å². The molecule has 0 bridgehead atoms. The van der Waals surface area contributed by atoms with Gasteiger partial charge in [0, 0.05) is 18.3 Å². The molecule has 30 heavy (non-hydrogen) atoms. The van der Waals surface area contributed by atoms with Gasteiger partial charge in [-0.3, -0.25) is 14.5 Å². The van der Waals surface area contributed by atoms with Crippen molar-refractivity contribution in [2.45, 2.75) is 18.9 Å². The lowest BCUT2D eigenvalue weighted by Gasteiger charge is -2.33. The quantitative estimate of drug-likeness (QED) is 0.617. The van der Waals surface area contributed by atoms with E-state index in [-0.39, 0.29) is 18.4 Å². The molecule has 1 aromatic heterocycles. The molecule has 6 nitrogen and oxygen atoms in total. The second-order valence-electron chi connectivity index (χ2n) is 7.10. The first-order chi connectivity index (χ1) is 14.7. The van der Waals surface area contributed by atoms with Crippen LogP contribution in [0.15, 0.2) is 79.0 Å². The average Bonchev–Trinajstić information content (AvgIpc) is 2.80. The molecule has 4 rings (SSSR count). The zero-order valence-electron chi connectivity index (χ0n) is 16.5. The Kier molecular flexibility index (Phi) is 6.03. The summed E-state index contributed by atoms with van der Waals surface area (Å²) >= 11 is 0. The fourth-order valence-electron chi connectivity index (χ4n) is 3.46. The van der Waals surface area contributed by atoms with E-state index in [2.05, 4.69) is 22.4 Å². The molecule has 0 aliphatic carbocycles. The number of anilines is 1. The van der Waals surface area contributed by atoms with Crippen LogP contribution in [0.25, 0.3) is 0 Å². The Bertz CT molecular complexity index is 1010. The molecule has 2 heterocycles. The summed E-state index contributed by atoms with van der Waals surface area (Å²) in [5.41, 5.74) is 1.98. The summed E-state index contributed by atoms with van der Waals surface area (Å²) in [5, 5.41) is 2.90. The van der Waals surface area contributed by atoms with Crippen LogP contribution in [0.4, 0.5) is 5.82 Å². The van der Waals surface area contributed by atoms with Crippen LogP contribution in [0.3, 0.4) is 0 Å². The minimum Gasteiger partial charge on any atom is -0.472 e. The number of nitrogens with zero attached hydrogens (tertiary/aromatic N) is 2. The van der Waals surface area contributed by atoms with Crippen LogP contribution in [0.5, 0.6) is 5.75 Å². The molecule has 1 atom stereocenters. The van der Waals surface area contributed by atoms with E-state index in [9.17, 15) is 9.59 Å². The topological polar surface area (TPSA) is 71.5 Å². The molecular weight excluding hydrogens is 378 g/mol. The van der Waals surface area contributed by atoms with Gasteiger partial charge in [0.15, 0.2) is 11.6 Å². The molecule has 0 saturated heterocycles. The molecule has 1 aliphatic heterocycles. The van der Waals surface area contributed by atoms with Crippen LogP contribution in [0, 0.1) is 0 Å². The third-order valence-corrected chi connectivity index (χ3v) is 4.95. The van der Waals surface area contributed by atoms with Crippen LogP contribution in [-0.2, 0) is 16.0 Å². The maximum absolute atomic E-state index is 13.1. The van der Waals surface area contributed by atoms with Crippen LogP contribution >= 0.6 is 0 Å². The Labute approximate surface area is 175 Å². The minimum absolute atomic E-state index is 0.0964. The van der Waals surface area contributed by atoms with E-state index in [1.165, 1.54) is 10.5 Å². The summed E-state index contributed by atoms with van der Waals surface area (Å²) in [5.74, 6) is 0.338. The number of amides is 2. The summed E-state index contributed by atoms with van der Waals surface area (Å²) in [7, 11) is 0. The van der Waals surface area contributed by atoms with E-state index in [4.69, 9.17) is 4.74 Å². The normalized spacial score (nSPS) is 15.3. The maximum atomic E-state index is 13.1. The van der Waals surface area contributed by atoms with Gasteiger partial charge in [-0.2, -0.15) is 0 Å². The Morgan fingerprint density at radius 2 is 1.73 bits per heavy atom. The fraction of sp³-hybridized carbons (Fsp3) is 0.208. The van der Waals surface area contributed by atoms with E-state index in [0.29, 0.717) is 18.1 Å². The van der Waals surface area contributed by atoms with Crippen molar-refractivity contribution in [1.82, 2.24) is 10.3 Å². The summed E-state index contributed by atoms with van der Waals surface area (Å²) < 4.78 is 5.90. The molecule has 0 radical (unpaired) electrons. The molecular formula is C24H23N3O3. The number of aryl methyl sites for hydroxylation is 1. The number of pyridine rings is 1. The first-order valence-corrected chi connectivity index (χ1v) is 10.0. The molecule has 1 aliphatic rings. The number of nitrogens with one attached hydrogen (secondary N) is 1. The highest BCUT2D eigenvalue weighted by atomic mass is 16.5. The Hall–Kier alpha value is -3.67. The molecule has 0 fully saturated rings. The van der Waals surface area contributed by atoms with Crippen LogP contribution < -0.4 is 15.0 Å². The monoisotopic (exact) mass is 401 g/mol. The first-order valence-electron chi connectivity index (χ1n) is 10.0. The molecule has 2 amide bonds. The number of rotatable bonds is 7. The molecule has 152 valence electrons. The lowest BCUT2D eigenvalue weighted by molar-refractivity contribution is -0.129. The number of carbonyl (C=O) groups is 2. The molecule has 0 spiro atoms. The van der Waals surface area contributed by atoms with Crippen molar-refractivity contribution in [3.63, 3.8) is 0 Å². The van der Waals surface area contributed by atoms with Gasteiger partial charge in [-0.1, -0.05) is 60.7 Å². The standard InChI is InChI=1S/C24H23N3O3/c28-21(25-15-7-11-18-9-3-1-4-10-18)17-27-23-20(14-8-16-26-23)30-22(24(27)29)19-12-5-2-6-13-19/h1-6,8-10,12-14,16,22H,7,11,15,17H2,(H,25,28). The average molecular weight is 401 g/mol. The van der Waals surface area contributed by atoms with Crippen molar-refractivity contribution in [1.29, 1.82) is 0 Å². The van der Waals surface area contributed by atoms with E-state index in [1.807, 2.05) is 48.5 Å². The predicted octanol–water partition coefficient (Wildman–Crippen LogP) is 3.30. The van der Waals surface area contributed by atoms with Gasteiger partial charge in [0.05, 0.1) is 0 Å². The Balaban J connectivity index is 1.41. The highest BCUT2D eigenvalue weighted by Crippen LogP contribution is 2.36. The number of benzene rings is 2. The zero-order chi connectivity index (χ0) is 20.8. The second kappa shape index (κ2) is 9.22. The van der Waals surface area contributed by atoms with Crippen molar-refractivity contribution in [3.05, 3.63) is 90.1 Å². The zero-order valence-corrected chi connectivity index (χ0v) is 16.5. The van der Waals surface area contributed by atoms with E-state index in [0.717, 1.165) is 18.4 Å². The maximum Gasteiger partial charge on any atom is 0.274 e. The summed E-state index contributed by atoms with van der Waals surface area (Å²) in [4.78, 5) is 31.3.